The van der Waals surface area contributed by atoms with Crippen molar-refractivity contribution in [2.24, 2.45) is 5.92 Å². The lowest BCUT2D eigenvalue weighted by Gasteiger charge is -2.21. The van der Waals surface area contributed by atoms with Crippen molar-refractivity contribution in [3.05, 3.63) is 40.1 Å². The molecule has 0 bridgehead atoms. The normalized spacial score (nSPS) is 13.8. The molecule has 1 aromatic heterocycles. The maximum atomic E-state index is 11.6. The summed E-state index contributed by atoms with van der Waals surface area (Å²) in [6.07, 6.45) is 1.95. The number of aromatic nitrogens is 4. The summed E-state index contributed by atoms with van der Waals surface area (Å²) >= 11 is 3.43. The van der Waals surface area contributed by atoms with Crippen LogP contribution in [-0.4, -0.2) is 31.7 Å². The van der Waals surface area contributed by atoms with Gasteiger partial charge in [0, 0.05) is 10.4 Å². The lowest BCUT2D eigenvalue weighted by molar-refractivity contribution is -0.142. The third-order valence-electron chi connectivity index (χ3n) is 3.44. The number of aliphatic carboxylic acids is 1. The van der Waals surface area contributed by atoms with Crippen molar-refractivity contribution >= 4 is 21.9 Å². The lowest BCUT2D eigenvalue weighted by Crippen LogP contribution is -2.25. The van der Waals surface area contributed by atoms with Gasteiger partial charge < -0.3 is 5.11 Å². The Labute approximate surface area is 131 Å². The number of nitrogens with zero attached hydrogens (tertiary/aromatic N) is 3. The molecule has 6 nitrogen and oxygen atoms in total. The largest absolute Gasteiger partial charge is 0.481 e. The minimum absolute atomic E-state index is 0.296. The number of hydrogen-bond donors (Lipinski definition) is 2. The van der Waals surface area contributed by atoms with Crippen molar-refractivity contribution in [3.8, 4) is 0 Å². The Morgan fingerprint density at radius 1 is 1.48 bits per heavy atom. The molecule has 112 valence electrons. The van der Waals surface area contributed by atoms with E-state index in [0.717, 1.165) is 16.5 Å². The van der Waals surface area contributed by atoms with Gasteiger partial charge in [0.05, 0.1) is 5.92 Å². The molecule has 0 radical (unpaired) electrons. The number of hydrogen-bond acceptors (Lipinski definition) is 4. The first-order chi connectivity index (χ1) is 10.1. The Kier molecular flexibility index (Phi) is 5.44. The van der Waals surface area contributed by atoms with E-state index in [2.05, 4.69) is 36.6 Å². The molecule has 0 spiro atoms. The number of carbonyl (C=O) groups is 1. The van der Waals surface area contributed by atoms with E-state index in [0.29, 0.717) is 18.7 Å². The molecule has 21 heavy (non-hydrogen) atoms. The molecule has 0 saturated heterocycles. The van der Waals surface area contributed by atoms with Crippen LogP contribution in [0.4, 0.5) is 0 Å². The molecule has 0 amide bonds. The monoisotopic (exact) mass is 352 g/mol. The van der Waals surface area contributed by atoms with Crippen molar-refractivity contribution in [2.75, 3.05) is 0 Å². The van der Waals surface area contributed by atoms with E-state index >= 15 is 0 Å². The second-order valence-corrected chi connectivity index (χ2v) is 5.86. The smallest absolute Gasteiger partial charge is 0.307 e. The second-order valence-electron chi connectivity index (χ2n) is 4.94. The van der Waals surface area contributed by atoms with Crippen LogP contribution in [0.1, 0.15) is 37.1 Å². The number of benzene rings is 1. The maximum absolute atomic E-state index is 11.6. The quantitative estimate of drug-likeness (QED) is 0.799. The van der Waals surface area contributed by atoms with Crippen LogP contribution < -0.4 is 0 Å². The second kappa shape index (κ2) is 7.31. The number of H-pyrrole nitrogens is 1. The topological polar surface area (TPSA) is 91.8 Å². The Morgan fingerprint density at radius 2 is 2.29 bits per heavy atom. The summed E-state index contributed by atoms with van der Waals surface area (Å²) in [5.41, 5.74) is 1.04. The van der Waals surface area contributed by atoms with Crippen LogP contribution >= 0.6 is 15.9 Å². The third-order valence-corrected chi connectivity index (χ3v) is 3.93. The van der Waals surface area contributed by atoms with Crippen molar-refractivity contribution in [3.63, 3.8) is 0 Å². The van der Waals surface area contributed by atoms with E-state index < -0.39 is 11.9 Å². The van der Waals surface area contributed by atoms with Crippen LogP contribution in [0.5, 0.6) is 0 Å². The average Bonchev–Trinajstić information content (AvgIpc) is 2.96. The molecule has 7 heteroatoms. The maximum Gasteiger partial charge on any atom is 0.307 e. The number of tetrazole rings is 1. The molecule has 2 aromatic rings. The molecular weight excluding hydrogens is 336 g/mol. The highest BCUT2D eigenvalue weighted by molar-refractivity contribution is 9.10. The van der Waals surface area contributed by atoms with Gasteiger partial charge in [-0.25, -0.2) is 0 Å². The Bertz CT molecular complexity index is 588. The SMILES string of the molecule is CCC[C@H](C(=O)O)[C@H](Cc1cccc(Br)c1)c1nn[nH]n1. The zero-order valence-corrected chi connectivity index (χ0v) is 13.2. The summed E-state index contributed by atoms with van der Waals surface area (Å²) in [7, 11) is 0. The van der Waals surface area contributed by atoms with Crippen LogP contribution in [0.3, 0.4) is 0 Å². The van der Waals surface area contributed by atoms with E-state index in [1.54, 1.807) is 0 Å². The highest BCUT2D eigenvalue weighted by Crippen LogP contribution is 2.30. The summed E-state index contributed by atoms with van der Waals surface area (Å²) in [5, 5.41) is 23.5. The molecule has 0 unspecified atom stereocenters. The summed E-state index contributed by atoms with van der Waals surface area (Å²) < 4.78 is 0.967. The van der Waals surface area contributed by atoms with E-state index in [1.807, 2.05) is 31.2 Å². The van der Waals surface area contributed by atoms with Gasteiger partial charge in [-0.3, -0.25) is 4.79 Å². The van der Waals surface area contributed by atoms with Gasteiger partial charge in [0.1, 0.15) is 0 Å². The van der Waals surface area contributed by atoms with Crippen LogP contribution in [0.15, 0.2) is 28.7 Å². The van der Waals surface area contributed by atoms with Crippen LogP contribution in [0, 0.1) is 5.92 Å². The summed E-state index contributed by atoms with van der Waals surface area (Å²) in [6.45, 7) is 1.97. The summed E-state index contributed by atoms with van der Waals surface area (Å²) in [6, 6.07) is 7.83. The van der Waals surface area contributed by atoms with Crippen LogP contribution in [-0.2, 0) is 11.2 Å². The fraction of sp³-hybridized carbons (Fsp3) is 0.429. The third kappa shape index (κ3) is 4.10. The van der Waals surface area contributed by atoms with Crippen molar-refractivity contribution in [1.82, 2.24) is 20.6 Å². The van der Waals surface area contributed by atoms with E-state index in [-0.39, 0.29) is 5.92 Å². The molecule has 2 atom stereocenters. The van der Waals surface area contributed by atoms with Gasteiger partial charge in [0.15, 0.2) is 5.82 Å². The molecule has 2 N–H and O–H groups in total. The highest BCUT2D eigenvalue weighted by atomic mass is 79.9. The molecule has 0 fully saturated rings. The van der Waals surface area contributed by atoms with Gasteiger partial charge in [0.2, 0.25) is 0 Å². The Hall–Kier alpha value is -1.76. The van der Waals surface area contributed by atoms with Gasteiger partial charge in [-0.2, -0.15) is 5.21 Å². The predicted molar refractivity (Wildman–Crippen MR) is 80.8 cm³/mol. The van der Waals surface area contributed by atoms with E-state index in [4.69, 9.17) is 0 Å². The Balaban J connectivity index is 2.30. The molecule has 1 heterocycles. The number of rotatable bonds is 7. The van der Waals surface area contributed by atoms with Gasteiger partial charge in [-0.1, -0.05) is 46.6 Å². The van der Waals surface area contributed by atoms with E-state index in [9.17, 15) is 9.90 Å². The predicted octanol–water partition coefficient (Wildman–Crippen LogP) is 2.79. The summed E-state index contributed by atoms with van der Waals surface area (Å²) in [5.74, 6) is -1.18. The number of halogens is 1. The number of carboxylic acids is 1. The molecule has 0 aliphatic heterocycles. The molecular formula is C14H17BrN4O2. The van der Waals surface area contributed by atoms with Crippen LogP contribution in [0.25, 0.3) is 0 Å². The standard InChI is InChI=1S/C14H17BrN4O2/c1-2-4-11(14(20)21)12(13-16-18-19-17-13)8-9-5-3-6-10(15)7-9/h3,5-7,11-12H,2,4,8H2,1H3,(H,20,21)(H,16,17,18,19)/t11-,12-/m0/s1. The Morgan fingerprint density at radius 3 is 2.86 bits per heavy atom. The first-order valence-corrected chi connectivity index (χ1v) is 7.61. The molecule has 1 aromatic carbocycles. The zero-order chi connectivity index (χ0) is 15.2. The van der Waals surface area contributed by atoms with E-state index in [1.165, 1.54) is 0 Å². The minimum atomic E-state index is -0.818. The highest BCUT2D eigenvalue weighted by Gasteiger charge is 2.31. The first kappa shape index (κ1) is 15.6. The van der Waals surface area contributed by atoms with Crippen molar-refractivity contribution in [1.29, 1.82) is 0 Å². The fourth-order valence-corrected chi connectivity index (χ4v) is 2.91. The van der Waals surface area contributed by atoms with Gasteiger partial charge in [-0.15, -0.1) is 10.2 Å². The molecule has 0 saturated carbocycles. The minimum Gasteiger partial charge on any atom is -0.481 e. The van der Waals surface area contributed by atoms with Crippen molar-refractivity contribution in [2.45, 2.75) is 32.1 Å². The van der Waals surface area contributed by atoms with Gasteiger partial charge >= 0.3 is 5.97 Å². The summed E-state index contributed by atoms with van der Waals surface area (Å²) in [4.78, 5) is 11.6. The first-order valence-electron chi connectivity index (χ1n) is 6.82. The molecule has 2 rings (SSSR count). The fourth-order valence-electron chi connectivity index (χ4n) is 2.47. The molecule has 0 aliphatic rings. The number of aromatic amines is 1. The number of nitrogens with one attached hydrogen (secondary N) is 1. The van der Waals surface area contributed by atoms with Crippen molar-refractivity contribution < 1.29 is 9.90 Å². The lowest BCUT2D eigenvalue weighted by atomic mass is 9.83. The van der Waals surface area contributed by atoms with Gasteiger partial charge in [0.25, 0.3) is 0 Å². The number of carboxylic acid groups (broad SMARTS) is 1. The average molecular weight is 353 g/mol. The van der Waals surface area contributed by atoms with Crippen LogP contribution in [0.2, 0.25) is 0 Å². The molecule has 0 aliphatic carbocycles. The zero-order valence-electron chi connectivity index (χ0n) is 11.7. The van der Waals surface area contributed by atoms with Gasteiger partial charge in [-0.05, 0) is 30.5 Å².